The number of hydrogen-bond acceptors (Lipinski definition) is 1. The smallest absolute Gasteiger partial charge is 0.0360 e. The molecule has 0 aliphatic heterocycles. The van der Waals surface area contributed by atoms with E-state index in [0.717, 1.165) is 6.54 Å². The van der Waals surface area contributed by atoms with Crippen molar-refractivity contribution in [2.75, 3.05) is 11.9 Å². The summed E-state index contributed by atoms with van der Waals surface area (Å²) in [6.45, 7) is 3.14. The van der Waals surface area contributed by atoms with Crippen LogP contribution in [0.1, 0.15) is 37.7 Å². The summed E-state index contributed by atoms with van der Waals surface area (Å²) in [7, 11) is 0. The normalized spacial score (nSPS) is 16.4. The summed E-state index contributed by atoms with van der Waals surface area (Å²) in [6, 6.07) is 8.63. The van der Waals surface area contributed by atoms with E-state index >= 15 is 0 Å². The van der Waals surface area contributed by atoms with Crippen LogP contribution in [0.4, 0.5) is 5.69 Å². The number of benzene rings is 1. The lowest BCUT2D eigenvalue weighted by atomic mass is 10.1. The summed E-state index contributed by atoms with van der Waals surface area (Å²) in [5, 5.41) is 3.50. The maximum Gasteiger partial charge on any atom is 0.0360 e. The largest absolute Gasteiger partial charge is 0.381 e. The highest BCUT2D eigenvalue weighted by Crippen LogP contribution is 2.18. The van der Waals surface area contributed by atoms with Gasteiger partial charge in [0.2, 0.25) is 0 Å². The number of rotatable bonds is 3. The highest BCUT2D eigenvalue weighted by atomic mass is 14.9. The van der Waals surface area contributed by atoms with Crippen molar-refractivity contribution in [2.45, 2.75) is 39.0 Å². The third-order valence-corrected chi connectivity index (χ3v) is 3.21. The predicted octanol–water partition coefficient (Wildman–Crippen LogP) is 4.30. The molecule has 1 N–H and O–H groups in total. The molecule has 1 aliphatic carbocycles. The zero-order valence-corrected chi connectivity index (χ0v) is 10.1. The molecule has 0 aromatic heterocycles. The maximum absolute atomic E-state index is 3.50. The molecule has 0 fully saturated rings. The average Bonchev–Trinajstić information content (AvgIpc) is 2.57. The van der Waals surface area contributed by atoms with E-state index in [1.165, 1.54) is 43.4 Å². The van der Waals surface area contributed by atoms with Crippen molar-refractivity contribution in [1.29, 1.82) is 0 Å². The molecule has 0 spiro atoms. The molecular formula is C15H21N. The zero-order chi connectivity index (χ0) is 11.2. The Morgan fingerprint density at radius 1 is 1.06 bits per heavy atom. The second-order valence-corrected chi connectivity index (χ2v) is 4.68. The van der Waals surface area contributed by atoms with Crippen molar-refractivity contribution in [3.05, 3.63) is 41.5 Å². The number of hydrogen-bond donors (Lipinski definition) is 1. The van der Waals surface area contributed by atoms with E-state index in [2.05, 4.69) is 42.6 Å². The van der Waals surface area contributed by atoms with Gasteiger partial charge in [0.05, 0.1) is 0 Å². The van der Waals surface area contributed by atoms with E-state index in [1.54, 1.807) is 5.57 Å². The predicted molar refractivity (Wildman–Crippen MR) is 70.8 cm³/mol. The van der Waals surface area contributed by atoms with Gasteiger partial charge < -0.3 is 5.32 Å². The maximum atomic E-state index is 3.50. The van der Waals surface area contributed by atoms with E-state index in [9.17, 15) is 0 Å². The SMILES string of the molecule is Cc1ccc(NCC2=CCCCCC2)cc1. The lowest BCUT2D eigenvalue weighted by Crippen LogP contribution is -2.04. The van der Waals surface area contributed by atoms with Crippen LogP contribution in [-0.4, -0.2) is 6.54 Å². The van der Waals surface area contributed by atoms with Gasteiger partial charge >= 0.3 is 0 Å². The molecule has 0 heterocycles. The Balaban J connectivity index is 1.86. The summed E-state index contributed by atoms with van der Waals surface area (Å²) >= 11 is 0. The van der Waals surface area contributed by atoms with E-state index in [0.29, 0.717) is 0 Å². The van der Waals surface area contributed by atoms with Crippen molar-refractivity contribution >= 4 is 5.69 Å². The lowest BCUT2D eigenvalue weighted by molar-refractivity contribution is 0.709. The average molecular weight is 215 g/mol. The molecule has 16 heavy (non-hydrogen) atoms. The number of allylic oxidation sites excluding steroid dienone is 1. The number of aryl methyl sites for hydroxylation is 1. The third-order valence-electron chi connectivity index (χ3n) is 3.21. The minimum absolute atomic E-state index is 1.02. The van der Waals surface area contributed by atoms with Gasteiger partial charge in [0.1, 0.15) is 0 Å². The van der Waals surface area contributed by atoms with Gasteiger partial charge in [0.15, 0.2) is 0 Å². The Bertz CT molecular complexity index is 348. The van der Waals surface area contributed by atoms with Gasteiger partial charge in [-0.05, 0) is 44.7 Å². The minimum atomic E-state index is 1.02. The van der Waals surface area contributed by atoms with Crippen LogP contribution in [-0.2, 0) is 0 Å². The second-order valence-electron chi connectivity index (χ2n) is 4.68. The molecule has 0 saturated carbocycles. The van der Waals surface area contributed by atoms with Gasteiger partial charge in [-0.3, -0.25) is 0 Å². The minimum Gasteiger partial charge on any atom is -0.381 e. The first kappa shape index (κ1) is 11.3. The van der Waals surface area contributed by atoms with Crippen molar-refractivity contribution in [3.63, 3.8) is 0 Å². The lowest BCUT2D eigenvalue weighted by Gasteiger charge is -2.09. The molecule has 1 heteroatoms. The highest BCUT2D eigenvalue weighted by molar-refractivity contribution is 5.45. The standard InChI is InChI=1S/C15H21N/c1-13-8-10-15(11-9-13)16-12-14-6-4-2-3-5-7-14/h6,8-11,16H,2-5,7,12H2,1H3. The quantitative estimate of drug-likeness (QED) is 0.741. The van der Waals surface area contributed by atoms with Crippen LogP contribution in [0.25, 0.3) is 0 Å². The Morgan fingerprint density at radius 2 is 1.88 bits per heavy atom. The first-order valence-corrected chi connectivity index (χ1v) is 6.33. The van der Waals surface area contributed by atoms with Gasteiger partial charge in [0.25, 0.3) is 0 Å². The van der Waals surface area contributed by atoms with Gasteiger partial charge in [-0.1, -0.05) is 35.8 Å². The summed E-state index contributed by atoms with van der Waals surface area (Å²) in [5.74, 6) is 0. The molecule has 86 valence electrons. The molecular weight excluding hydrogens is 194 g/mol. The summed E-state index contributed by atoms with van der Waals surface area (Å²) in [4.78, 5) is 0. The van der Waals surface area contributed by atoms with Crippen LogP contribution < -0.4 is 5.32 Å². The highest BCUT2D eigenvalue weighted by Gasteiger charge is 2.02. The van der Waals surface area contributed by atoms with Crippen molar-refractivity contribution in [1.82, 2.24) is 0 Å². The van der Waals surface area contributed by atoms with Crippen LogP contribution in [0.3, 0.4) is 0 Å². The summed E-state index contributed by atoms with van der Waals surface area (Å²) in [5.41, 5.74) is 4.13. The Kier molecular flexibility index (Phi) is 4.03. The molecule has 0 saturated heterocycles. The number of nitrogens with one attached hydrogen (secondary N) is 1. The zero-order valence-electron chi connectivity index (χ0n) is 10.1. The fourth-order valence-electron chi connectivity index (χ4n) is 2.13. The van der Waals surface area contributed by atoms with E-state index in [4.69, 9.17) is 0 Å². The van der Waals surface area contributed by atoms with Crippen LogP contribution >= 0.6 is 0 Å². The van der Waals surface area contributed by atoms with Crippen LogP contribution in [0.5, 0.6) is 0 Å². The first-order valence-electron chi connectivity index (χ1n) is 6.33. The van der Waals surface area contributed by atoms with Crippen LogP contribution in [0.15, 0.2) is 35.9 Å². The summed E-state index contributed by atoms with van der Waals surface area (Å²) in [6.07, 6.45) is 9.10. The van der Waals surface area contributed by atoms with Gasteiger partial charge in [-0.2, -0.15) is 0 Å². The molecule has 1 aromatic carbocycles. The van der Waals surface area contributed by atoms with Gasteiger partial charge in [0, 0.05) is 12.2 Å². The molecule has 1 aromatic rings. The van der Waals surface area contributed by atoms with Crippen molar-refractivity contribution in [3.8, 4) is 0 Å². The third kappa shape index (κ3) is 3.41. The molecule has 1 aliphatic rings. The fraction of sp³-hybridized carbons (Fsp3) is 0.467. The van der Waals surface area contributed by atoms with Crippen molar-refractivity contribution < 1.29 is 0 Å². The number of anilines is 1. The van der Waals surface area contributed by atoms with E-state index < -0.39 is 0 Å². The summed E-state index contributed by atoms with van der Waals surface area (Å²) < 4.78 is 0. The molecule has 0 atom stereocenters. The van der Waals surface area contributed by atoms with E-state index in [1.807, 2.05) is 0 Å². The molecule has 0 amide bonds. The van der Waals surface area contributed by atoms with Crippen molar-refractivity contribution in [2.24, 2.45) is 0 Å². The second kappa shape index (κ2) is 5.74. The fourth-order valence-corrected chi connectivity index (χ4v) is 2.13. The Morgan fingerprint density at radius 3 is 2.69 bits per heavy atom. The molecule has 0 bridgehead atoms. The van der Waals surface area contributed by atoms with E-state index in [-0.39, 0.29) is 0 Å². The first-order chi connectivity index (χ1) is 7.84. The van der Waals surface area contributed by atoms with Crippen LogP contribution in [0, 0.1) is 6.92 Å². The molecule has 0 unspecified atom stereocenters. The van der Waals surface area contributed by atoms with Gasteiger partial charge in [-0.15, -0.1) is 0 Å². The van der Waals surface area contributed by atoms with Gasteiger partial charge in [-0.25, -0.2) is 0 Å². The Labute approximate surface area is 98.6 Å². The monoisotopic (exact) mass is 215 g/mol. The molecule has 1 nitrogen and oxygen atoms in total. The van der Waals surface area contributed by atoms with Crippen LogP contribution in [0.2, 0.25) is 0 Å². The topological polar surface area (TPSA) is 12.0 Å². The Hall–Kier alpha value is -1.24. The molecule has 0 radical (unpaired) electrons. The molecule has 2 rings (SSSR count).